The summed E-state index contributed by atoms with van der Waals surface area (Å²) in [5.74, 6) is 0.770. The van der Waals surface area contributed by atoms with Crippen LogP contribution in [0.2, 0.25) is 0 Å². The smallest absolute Gasteiger partial charge is 0.408 e. The Labute approximate surface area is 276 Å². The van der Waals surface area contributed by atoms with E-state index in [1.807, 2.05) is 19.1 Å². The van der Waals surface area contributed by atoms with E-state index in [-0.39, 0.29) is 36.8 Å². The first-order valence-corrected chi connectivity index (χ1v) is 16.7. The summed E-state index contributed by atoms with van der Waals surface area (Å²) in [5.41, 5.74) is 1.36. The van der Waals surface area contributed by atoms with Gasteiger partial charge in [0.2, 0.25) is 11.8 Å². The molecule has 1 saturated heterocycles. The molecule has 0 radical (unpaired) electrons. The molecule has 1 N–H and O–H groups in total. The van der Waals surface area contributed by atoms with E-state index in [0.717, 1.165) is 56.9 Å². The number of hydrogen-bond donors (Lipinski definition) is 1. The van der Waals surface area contributed by atoms with Crippen LogP contribution in [0.1, 0.15) is 70.3 Å². The lowest BCUT2D eigenvalue weighted by Crippen LogP contribution is -2.55. The van der Waals surface area contributed by atoms with Crippen LogP contribution in [0.3, 0.4) is 0 Å². The number of methoxy groups -OCH3 is 2. The number of benzene rings is 1. The summed E-state index contributed by atoms with van der Waals surface area (Å²) in [6.07, 6.45) is 9.47. The van der Waals surface area contributed by atoms with E-state index in [2.05, 4.69) is 23.5 Å². The van der Waals surface area contributed by atoms with Crippen molar-refractivity contribution >= 4 is 34.9 Å². The zero-order valence-electron chi connectivity index (χ0n) is 27.7. The SMILES string of the molecule is C=CC[C@@H]1CCC[C@H]1OC(=O)N[C@H](C(=O)N1C[C@H](Oc2cc(OCC)nc3cc(OC)c(C=C)cc23)C[C@H]1C(=O)OC)C1CCCC1. The van der Waals surface area contributed by atoms with E-state index in [9.17, 15) is 14.4 Å². The van der Waals surface area contributed by atoms with E-state index < -0.39 is 30.3 Å². The predicted molar refractivity (Wildman–Crippen MR) is 177 cm³/mol. The molecule has 2 aliphatic carbocycles. The third-order valence-electron chi connectivity index (χ3n) is 9.65. The Morgan fingerprint density at radius 2 is 1.85 bits per heavy atom. The number of carbonyl (C=O) groups excluding carboxylic acids is 3. The maximum absolute atomic E-state index is 14.3. The van der Waals surface area contributed by atoms with Gasteiger partial charge in [-0.3, -0.25) is 4.79 Å². The lowest BCUT2D eigenvalue weighted by atomic mass is 9.96. The number of carbonyl (C=O) groups is 3. The molecule has 3 fully saturated rings. The first kappa shape index (κ1) is 34.1. The maximum Gasteiger partial charge on any atom is 0.408 e. The molecule has 5 rings (SSSR count). The minimum absolute atomic E-state index is 0.0638. The van der Waals surface area contributed by atoms with Crippen molar-refractivity contribution in [2.45, 2.75) is 89.0 Å². The van der Waals surface area contributed by atoms with Gasteiger partial charge in [0, 0.05) is 29.5 Å². The molecule has 47 heavy (non-hydrogen) atoms. The molecular formula is C36H47N3O8. The normalized spacial score (nSPS) is 23.3. The number of rotatable bonds is 13. The largest absolute Gasteiger partial charge is 0.496 e. The van der Waals surface area contributed by atoms with Gasteiger partial charge in [0.05, 0.1) is 32.9 Å². The van der Waals surface area contributed by atoms with Crippen LogP contribution in [0.25, 0.3) is 17.0 Å². The van der Waals surface area contributed by atoms with Crippen LogP contribution in [-0.2, 0) is 19.1 Å². The molecular weight excluding hydrogens is 602 g/mol. The van der Waals surface area contributed by atoms with Crippen LogP contribution in [0.5, 0.6) is 17.4 Å². The Morgan fingerprint density at radius 3 is 2.53 bits per heavy atom. The molecule has 1 aromatic carbocycles. The minimum Gasteiger partial charge on any atom is -0.496 e. The molecule has 3 aliphatic rings. The van der Waals surface area contributed by atoms with Crippen molar-refractivity contribution in [3.05, 3.63) is 43.0 Å². The van der Waals surface area contributed by atoms with Gasteiger partial charge in [-0.25, -0.2) is 14.6 Å². The molecule has 0 unspecified atom stereocenters. The highest BCUT2D eigenvalue weighted by Gasteiger charge is 2.46. The number of nitrogens with zero attached hydrogens (tertiary/aromatic N) is 2. The number of fused-ring (bicyclic) bond motifs is 1. The Balaban J connectivity index is 1.39. The Morgan fingerprint density at radius 1 is 1.06 bits per heavy atom. The van der Waals surface area contributed by atoms with E-state index in [1.54, 1.807) is 25.3 Å². The van der Waals surface area contributed by atoms with Gasteiger partial charge in [-0.1, -0.05) is 31.6 Å². The minimum atomic E-state index is -0.880. The van der Waals surface area contributed by atoms with Crippen molar-refractivity contribution in [1.29, 1.82) is 0 Å². The van der Waals surface area contributed by atoms with Gasteiger partial charge < -0.3 is 33.9 Å². The number of pyridine rings is 1. The second-order valence-electron chi connectivity index (χ2n) is 12.5. The quantitative estimate of drug-likeness (QED) is 0.211. The molecule has 11 nitrogen and oxygen atoms in total. The summed E-state index contributed by atoms with van der Waals surface area (Å²) in [7, 11) is 2.89. The van der Waals surface area contributed by atoms with Crippen molar-refractivity contribution in [3.8, 4) is 17.4 Å². The molecule has 2 saturated carbocycles. The molecule has 2 aromatic rings. The molecule has 2 amide bonds. The second-order valence-corrected chi connectivity index (χ2v) is 12.5. The topological polar surface area (TPSA) is 126 Å². The highest BCUT2D eigenvalue weighted by Crippen LogP contribution is 2.37. The molecule has 1 aliphatic heterocycles. The van der Waals surface area contributed by atoms with E-state index >= 15 is 0 Å². The van der Waals surface area contributed by atoms with Crippen molar-refractivity contribution in [2.75, 3.05) is 27.4 Å². The predicted octanol–water partition coefficient (Wildman–Crippen LogP) is 5.84. The lowest BCUT2D eigenvalue weighted by Gasteiger charge is -2.31. The first-order valence-electron chi connectivity index (χ1n) is 16.7. The van der Waals surface area contributed by atoms with E-state index in [0.29, 0.717) is 34.9 Å². The van der Waals surface area contributed by atoms with Gasteiger partial charge in [-0.15, -0.1) is 6.58 Å². The summed E-state index contributed by atoms with van der Waals surface area (Å²) in [5, 5.41) is 3.63. The fraction of sp³-hybridized carbons (Fsp3) is 0.556. The second kappa shape index (κ2) is 15.5. The summed E-state index contributed by atoms with van der Waals surface area (Å²) < 4.78 is 28.8. The average Bonchev–Trinajstić information content (AvgIpc) is 3.85. The number of allylic oxidation sites excluding steroid dienone is 1. The highest BCUT2D eigenvalue weighted by atomic mass is 16.6. The van der Waals surface area contributed by atoms with Gasteiger partial charge in [0.15, 0.2) is 0 Å². The third-order valence-corrected chi connectivity index (χ3v) is 9.65. The van der Waals surface area contributed by atoms with Crippen LogP contribution < -0.4 is 19.5 Å². The number of hydrogen-bond acceptors (Lipinski definition) is 9. The van der Waals surface area contributed by atoms with Gasteiger partial charge >= 0.3 is 12.1 Å². The molecule has 0 bridgehead atoms. The van der Waals surface area contributed by atoms with Crippen LogP contribution in [0.4, 0.5) is 4.79 Å². The van der Waals surface area contributed by atoms with E-state index in [1.165, 1.54) is 12.0 Å². The summed E-state index contributed by atoms with van der Waals surface area (Å²) in [4.78, 5) is 46.8. The molecule has 11 heteroatoms. The highest BCUT2D eigenvalue weighted by molar-refractivity contribution is 5.91. The molecule has 254 valence electrons. The number of aromatic nitrogens is 1. The molecule has 1 aromatic heterocycles. The zero-order valence-corrected chi connectivity index (χ0v) is 27.7. The molecule has 0 spiro atoms. The fourth-order valence-corrected chi connectivity index (χ4v) is 7.33. The Kier molecular flexibility index (Phi) is 11.3. The summed E-state index contributed by atoms with van der Waals surface area (Å²) >= 11 is 0. The standard InChI is InChI=1S/C36H47N3O8/c1-6-12-23-15-11-16-29(23)47-36(42)38-33(24-13-9-10-14-24)34(40)39-21-25(18-28(39)35(41)44-5)46-31-20-32(45-8-3)37-27-19-30(43-4)22(7-2)17-26(27)31/h6-7,17,19-20,23-25,28-29,33H,1-2,8-16,18,21H2,3-5H3,(H,38,42)/t23-,25-,28+,29-,33+/m1/s1. The van der Waals surface area contributed by atoms with Gasteiger partial charge in [0.1, 0.15) is 35.8 Å². The Hall–Kier alpha value is -4.28. The number of nitrogens with one attached hydrogen (secondary N) is 1. The van der Waals surface area contributed by atoms with Crippen molar-refractivity contribution in [1.82, 2.24) is 15.2 Å². The van der Waals surface area contributed by atoms with Crippen molar-refractivity contribution in [3.63, 3.8) is 0 Å². The van der Waals surface area contributed by atoms with Gasteiger partial charge in [-0.2, -0.15) is 0 Å². The fourth-order valence-electron chi connectivity index (χ4n) is 7.33. The summed E-state index contributed by atoms with van der Waals surface area (Å²) in [6.45, 7) is 10.1. The number of amides is 2. The number of esters is 1. The monoisotopic (exact) mass is 649 g/mol. The lowest BCUT2D eigenvalue weighted by molar-refractivity contribution is -0.152. The van der Waals surface area contributed by atoms with Gasteiger partial charge in [0.25, 0.3) is 0 Å². The van der Waals surface area contributed by atoms with Crippen LogP contribution >= 0.6 is 0 Å². The third kappa shape index (κ3) is 7.66. The average molecular weight is 650 g/mol. The Bertz CT molecular complexity index is 1470. The number of likely N-dealkylation sites (tertiary alicyclic amines) is 1. The zero-order chi connectivity index (χ0) is 33.5. The maximum atomic E-state index is 14.3. The molecule has 5 atom stereocenters. The van der Waals surface area contributed by atoms with Gasteiger partial charge in [-0.05, 0) is 63.4 Å². The van der Waals surface area contributed by atoms with E-state index in [4.69, 9.17) is 23.7 Å². The number of alkyl carbamates (subject to hydrolysis) is 1. The van der Waals surface area contributed by atoms with Crippen LogP contribution in [0, 0.1) is 11.8 Å². The van der Waals surface area contributed by atoms with Crippen molar-refractivity contribution < 1.29 is 38.1 Å². The van der Waals surface area contributed by atoms with Crippen LogP contribution in [-0.4, -0.2) is 79.5 Å². The van der Waals surface area contributed by atoms with Crippen molar-refractivity contribution in [2.24, 2.45) is 11.8 Å². The first-order chi connectivity index (χ1) is 22.8. The van der Waals surface area contributed by atoms with Crippen LogP contribution in [0.15, 0.2) is 37.4 Å². The molecule has 2 heterocycles. The summed E-state index contributed by atoms with van der Waals surface area (Å²) in [6, 6.07) is 3.68. The number of ether oxygens (including phenoxy) is 5.